The number of hydrogen-bond acceptors (Lipinski definition) is 7. The van der Waals surface area contributed by atoms with Crippen LogP contribution in [0, 0.1) is 0 Å². The first-order valence-corrected chi connectivity index (χ1v) is 10.0. The molecule has 0 aliphatic heterocycles. The van der Waals surface area contributed by atoms with Gasteiger partial charge in [-0.05, 0) is 55.5 Å². The van der Waals surface area contributed by atoms with Crippen LogP contribution < -0.4 is 25.4 Å². The summed E-state index contributed by atoms with van der Waals surface area (Å²) in [6.45, 7) is 4.96. The van der Waals surface area contributed by atoms with Crippen LogP contribution in [0.4, 0.5) is 16.2 Å². The third kappa shape index (κ3) is 9.83. The van der Waals surface area contributed by atoms with Crippen molar-refractivity contribution in [2.75, 3.05) is 43.5 Å². The van der Waals surface area contributed by atoms with Gasteiger partial charge in [0.25, 0.3) is 0 Å². The highest BCUT2D eigenvalue weighted by Gasteiger charge is 2.06. The zero-order chi connectivity index (χ0) is 22.5. The van der Waals surface area contributed by atoms with Crippen molar-refractivity contribution in [2.24, 2.45) is 0 Å². The Hall–Kier alpha value is -3.30. The van der Waals surface area contributed by atoms with Crippen molar-refractivity contribution in [1.82, 2.24) is 5.32 Å². The van der Waals surface area contributed by atoms with E-state index >= 15 is 0 Å². The fourth-order valence-corrected chi connectivity index (χ4v) is 2.52. The Morgan fingerprint density at radius 1 is 0.935 bits per heavy atom. The standard InChI is InChI=1S/C22H29N3O6/c1-3-29-22(28)25-18-6-10-21(11-7-18)31-15-19(27)14-23-12-13-30-20-8-4-17(5-9-20)24-16(2)26/h4-11,19,23,27H,3,12-15H2,1-2H3,(H,24,26)(H,25,28). The first-order valence-electron chi connectivity index (χ1n) is 10.0. The molecule has 4 N–H and O–H groups in total. The molecule has 1 atom stereocenters. The van der Waals surface area contributed by atoms with Gasteiger partial charge < -0.3 is 30.0 Å². The Kier molecular flexibility index (Phi) is 10.1. The van der Waals surface area contributed by atoms with Crippen LogP contribution in [-0.4, -0.2) is 56.1 Å². The van der Waals surface area contributed by atoms with Crippen LogP contribution in [0.3, 0.4) is 0 Å². The maximum atomic E-state index is 11.4. The van der Waals surface area contributed by atoms with Gasteiger partial charge in [-0.15, -0.1) is 0 Å². The molecule has 0 saturated carbocycles. The number of nitrogens with one attached hydrogen (secondary N) is 3. The zero-order valence-corrected chi connectivity index (χ0v) is 17.7. The van der Waals surface area contributed by atoms with Crippen molar-refractivity contribution in [3.05, 3.63) is 48.5 Å². The quantitative estimate of drug-likeness (QED) is 0.382. The maximum Gasteiger partial charge on any atom is 0.411 e. The number of anilines is 2. The highest BCUT2D eigenvalue weighted by Crippen LogP contribution is 2.16. The molecule has 9 heteroatoms. The normalized spacial score (nSPS) is 11.3. The lowest BCUT2D eigenvalue weighted by atomic mass is 10.3. The lowest BCUT2D eigenvalue weighted by Crippen LogP contribution is -2.33. The number of rotatable bonds is 12. The van der Waals surface area contributed by atoms with Gasteiger partial charge in [0.2, 0.25) is 5.91 Å². The van der Waals surface area contributed by atoms with Crippen LogP contribution >= 0.6 is 0 Å². The van der Waals surface area contributed by atoms with E-state index in [2.05, 4.69) is 16.0 Å². The molecule has 0 saturated heterocycles. The second kappa shape index (κ2) is 13.1. The van der Waals surface area contributed by atoms with Gasteiger partial charge in [-0.3, -0.25) is 10.1 Å². The van der Waals surface area contributed by atoms with Gasteiger partial charge in [0, 0.05) is 31.4 Å². The van der Waals surface area contributed by atoms with E-state index in [9.17, 15) is 14.7 Å². The van der Waals surface area contributed by atoms with Crippen LogP contribution in [0.25, 0.3) is 0 Å². The Morgan fingerprint density at radius 2 is 1.52 bits per heavy atom. The summed E-state index contributed by atoms with van der Waals surface area (Å²) in [5, 5.41) is 18.4. The molecule has 9 nitrogen and oxygen atoms in total. The molecule has 2 aromatic rings. The highest BCUT2D eigenvalue weighted by atomic mass is 16.5. The fourth-order valence-electron chi connectivity index (χ4n) is 2.52. The molecule has 0 aliphatic carbocycles. The molecular weight excluding hydrogens is 402 g/mol. The molecule has 0 bridgehead atoms. The van der Waals surface area contributed by atoms with Crippen molar-refractivity contribution in [3.63, 3.8) is 0 Å². The second-order valence-corrected chi connectivity index (χ2v) is 6.59. The van der Waals surface area contributed by atoms with E-state index in [1.807, 2.05) is 0 Å². The zero-order valence-electron chi connectivity index (χ0n) is 17.7. The van der Waals surface area contributed by atoms with Crippen LogP contribution in [0.1, 0.15) is 13.8 Å². The van der Waals surface area contributed by atoms with E-state index in [4.69, 9.17) is 14.2 Å². The number of aliphatic hydroxyl groups excluding tert-OH is 1. The van der Waals surface area contributed by atoms with Crippen molar-refractivity contribution < 1.29 is 28.9 Å². The number of aliphatic hydroxyl groups is 1. The summed E-state index contributed by atoms with van der Waals surface area (Å²) in [4.78, 5) is 22.4. The summed E-state index contributed by atoms with van der Waals surface area (Å²) in [6.07, 6.45) is -1.20. The molecule has 0 aromatic heterocycles. The smallest absolute Gasteiger partial charge is 0.411 e. The van der Waals surface area contributed by atoms with E-state index in [1.165, 1.54) is 6.92 Å². The number of hydrogen-bond donors (Lipinski definition) is 4. The molecule has 168 valence electrons. The van der Waals surface area contributed by atoms with Gasteiger partial charge in [-0.25, -0.2) is 4.79 Å². The van der Waals surface area contributed by atoms with Crippen LogP contribution in [0.15, 0.2) is 48.5 Å². The minimum Gasteiger partial charge on any atom is -0.492 e. The predicted octanol–water partition coefficient (Wildman–Crippen LogP) is 2.62. The van der Waals surface area contributed by atoms with Crippen LogP contribution in [0.2, 0.25) is 0 Å². The SMILES string of the molecule is CCOC(=O)Nc1ccc(OCC(O)CNCCOc2ccc(NC(C)=O)cc2)cc1. The topological polar surface area (TPSA) is 118 Å². The van der Waals surface area contributed by atoms with E-state index < -0.39 is 12.2 Å². The molecule has 0 aliphatic rings. The molecule has 0 fully saturated rings. The van der Waals surface area contributed by atoms with Gasteiger partial charge in [0.15, 0.2) is 0 Å². The third-order valence-corrected chi connectivity index (χ3v) is 3.92. The molecule has 2 aromatic carbocycles. The monoisotopic (exact) mass is 431 g/mol. The number of carbonyl (C=O) groups excluding carboxylic acids is 2. The van der Waals surface area contributed by atoms with Gasteiger partial charge >= 0.3 is 6.09 Å². The van der Waals surface area contributed by atoms with E-state index in [-0.39, 0.29) is 12.5 Å². The summed E-state index contributed by atoms with van der Waals surface area (Å²) in [5.74, 6) is 1.16. The molecule has 31 heavy (non-hydrogen) atoms. The average molecular weight is 431 g/mol. The van der Waals surface area contributed by atoms with Gasteiger partial charge in [0.05, 0.1) is 6.61 Å². The maximum absolute atomic E-state index is 11.4. The molecule has 1 unspecified atom stereocenters. The van der Waals surface area contributed by atoms with E-state index in [0.29, 0.717) is 49.2 Å². The lowest BCUT2D eigenvalue weighted by Gasteiger charge is -2.14. The Balaban J connectivity index is 1.58. The summed E-state index contributed by atoms with van der Waals surface area (Å²) >= 11 is 0. The number of benzene rings is 2. The summed E-state index contributed by atoms with van der Waals surface area (Å²) in [6, 6.07) is 13.9. The molecule has 2 rings (SSSR count). The van der Waals surface area contributed by atoms with E-state index in [1.54, 1.807) is 55.5 Å². The van der Waals surface area contributed by atoms with Crippen LogP contribution in [0.5, 0.6) is 11.5 Å². The summed E-state index contributed by atoms with van der Waals surface area (Å²) in [7, 11) is 0. The van der Waals surface area contributed by atoms with Crippen molar-refractivity contribution in [1.29, 1.82) is 0 Å². The Labute approximate surface area is 181 Å². The lowest BCUT2D eigenvalue weighted by molar-refractivity contribution is -0.114. The molecule has 0 spiro atoms. The first kappa shape index (κ1) is 24.0. The fraction of sp³-hybridized carbons (Fsp3) is 0.364. The highest BCUT2D eigenvalue weighted by molar-refractivity contribution is 5.88. The molecular formula is C22H29N3O6. The Bertz CT molecular complexity index is 811. The number of amides is 2. The summed E-state index contributed by atoms with van der Waals surface area (Å²) < 4.78 is 16.0. The largest absolute Gasteiger partial charge is 0.492 e. The van der Waals surface area contributed by atoms with Gasteiger partial charge in [-0.1, -0.05) is 0 Å². The van der Waals surface area contributed by atoms with E-state index in [0.717, 1.165) is 0 Å². The first-order chi connectivity index (χ1) is 15.0. The van der Waals surface area contributed by atoms with Crippen LogP contribution in [-0.2, 0) is 9.53 Å². The number of ether oxygens (including phenoxy) is 3. The summed E-state index contributed by atoms with van der Waals surface area (Å²) in [5.41, 5.74) is 1.31. The number of carbonyl (C=O) groups is 2. The van der Waals surface area contributed by atoms with Gasteiger partial charge in [0.1, 0.15) is 30.8 Å². The van der Waals surface area contributed by atoms with Gasteiger partial charge in [-0.2, -0.15) is 0 Å². The Morgan fingerprint density at radius 3 is 2.10 bits per heavy atom. The minimum absolute atomic E-state index is 0.122. The third-order valence-electron chi connectivity index (χ3n) is 3.92. The minimum atomic E-state index is -0.686. The molecule has 0 heterocycles. The molecule has 0 radical (unpaired) electrons. The average Bonchev–Trinajstić information content (AvgIpc) is 2.74. The molecule has 2 amide bonds. The van der Waals surface area contributed by atoms with Crippen molar-refractivity contribution >= 4 is 23.4 Å². The predicted molar refractivity (Wildman–Crippen MR) is 118 cm³/mol. The van der Waals surface area contributed by atoms with Crippen molar-refractivity contribution in [3.8, 4) is 11.5 Å². The second-order valence-electron chi connectivity index (χ2n) is 6.59. The van der Waals surface area contributed by atoms with Crippen molar-refractivity contribution in [2.45, 2.75) is 20.0 Å².